The Bertz CT molecular complexity index is 1170. The maximum absolute atomic E-state index is 12.9. The summed E-state index contributed by atoms with van der Waals surface area (Å²) in [5.41, 5.74) is -0.117. The van der Waals surface area contributed by atoms with Crippen molar-refractivity contribution in [3.8, 4) is 0 Å². The molecule has 0 atom stereocenters. The summed E-state index contributed by atoms with van der Waals surface area (Å²) in [4.78, 5) is 21.6. The minimum Gasteiger partial charge on any atom is -0.336 e. The lowest BCUT2D eigenvalue weighted by Gasteiger charge is -2.29. The van der Waals surface area contributed by atoms with Crippen molar-refractivity contribution in [2.45, 2.75) is 31.9 Å². The fourth-order valence-electron chi connectivity index (χ4n) is 3.29. The summed E-state index contributed by atoms with van der Waals surface area (Å²) in [6, 6.07) is 5.79. The molecule has 12 heteroatoms. The molecule has 0 fully saturated rings. The van der Waals surface area contributed by atoms with E-state index in [4.69, 9.17) is 0 Å². The predicted octanol–water partition coefficient (Wildman–Crippen LogP) is 4.35. The molecule has 3 heterocycles. The van der Waals surface area contributed by atoms with E-state index in [-0.39, 0.29) is 19.0 Å². The van der Waals surface area contributed by atoms with Crippen molar-refractivity contribution < 1.29 is 26.3 Å². The molecule has 3 aromatic rings. The first-order chi connectivity index (χ1) is 14.5. The number of nitrogens with zero attached hydrogens (tertiary/aromatic N) is 4. The van der Waals surface area contributed by atoms with Gasteiger partial charge in [-0.15, -0.1) is 11.3 Å². The van der Waals surface area contributed by atoms with Gasteiger partial charge in [-0.2, -0.15) is 31.3 Å². The molecule has 0 amide bonds. The van der Waals surface area contributed by atoms with E-state index < -0.39 is 28.5 Å². The Morgan fingerprint density at radius 1 is 1.00 bits per heavy atom. The van der Waals surface area contributed by atoms with Crippen LogP contribution in [0.25, 0.3) is 0 Å². The third-order valence-corrected chi connectivity index (χ3v) is 5.96. The standard InChI is InChI=1S/C19H14F6N4OS/c20-18(21,22)13-2-1-12-8-28(6-5-11(12)7-13)16-26-10-29(17(30)27-16)9-14-3-4-15(31-14)19(23,24)25/h1-4,7,10H,5-6,8-9H2. The smallest absolute Gasteiger partial charge is 0.336 e. The molecule has 0 aliphatic carbocycles. The molecule has 0 spiro atoms. The summed E-state index contributed by atoms with van der Waals surface area (Å²) in [6.07, 6.45) is -7.32. The van der Waals surface area contributed by atoms with E-state index in [9.17, 15) is 31.1 Å². The first kappa shape index (κ1) is 21.3. The largest absolute Gasteiger partial charge is 0.425 e. The molecule has 0 bridgehead atoms. The molecular weight excluding hydrogens is 446 g/mol. The minimum absolute atomic E-state index is 0.0943. The highest BCUT2D eigenvalue weighted by molar-refractivity contribution is 7.12. The fourth-order valence-corrected chi connectivity index (χ4v) is 4.17. The van der Waals surface area contributed by atoms with Crippen LogP contribution in [0.5, 0.6) is 0 Å². The Hall–Kier alpha value is -2.89. The molecule has 0 saturated heterocycles. The second kappa shape index (κ2) is 7.66. The molecule has 0 saturated carbocycles. The Kier molecular flexibility index (Phi) is 5.28. The van der Waals surface area contributed by atoms with E-state index in [0.29, 0.717) is 40.3 Å². The summed E-state index contributed by atoms with van der Waals surface area (Å²) in [6.45, 7) is 0.483. The molecule has 31 heavy (non-hydrogen) atoms. The van der Waals surface area contributed by atoms with Gasteiger partial charge in [0.1, 0.15) is 11.2 Å². The summed E-state index contributed by atoms with van der Waals surface area (Å²) in [5, 5.41) is 0. The van der Waals surface area contributed by atoms with Crippen molar-refractivity contribution in [3.63, 3.8) is 0 Å². The van der Waals surface area contributed by atoms with Crippen molar-refractivity contribution in [2.75, 3.05) is 11.4 Å². The lowest BCUT2D eigenvalue weighted by molar-refractivity contribution is -0.137. The van der Waals surface area contributed by atoms with Crippen molar-refractivity contribution in [2.24, 2.45) is 0 Å². The summed E-state index contributed by atoms with van der Waals surface area (Å²) in [5.74, 6) is 0.119. The van der Waals surface area contributed by atoms with Crippen LogP contribution >= 0.6 is 11.3 Å². The van der Waals surface area contributed by atoms with Crippen molar-refractivity contribution in [3.05, 3.63) is 73.6 Å². The number of alkyl halides is 6. The zero-order valence-corrected chi connectivity index (χ0v) is 16.5. The van der Waals surface area contributed by atoms with E-state index in [0.717, 1.165) is 22.8 Å². The number of benzene rings is 1. The molecule has 1 aliphatic heterocycles. The SMILES string of the molecule is O=c1nc(N2CCc3cc(C(F)(F)F)ccc3C2)ncn1Cc1ccc(C(F)(F)F)s1. The molecule has 0 radical (unpaired) electrons. The number of thiophene rings is 1. The van der Waals surface area contributed by atoms with Crippen LogP contribution in [-0.4, -0.2) is 21.1 Å². The van der Waals surface area contributed by atoms with Gasteiger partial charge >= 0.3 is 18.0 Å². The number of rotatable bonds is 3. The molecule has 1 aliphatic rings. The zero-order chi connectivity index (χ0) is 22.4. The van der Waals surface area contributed by atoms with Gasteiger partial charge < -0.3 is 4.90 Å². The molecule has 4 rings (SSSR count). The number of halogens is 6. The van der Waals surface area contributed by atoms with Crippen LogP contribution in [0.3, 0.4) is 0 Å². The van der Waals surface area contributed by atoms with Gasteiger partial charge in [-0.3, -0.25) is 4.57 Å². The summed E-state index contributed by atoms with van der Waals surface area (Å²) >= 11 is 0.540. The topological polar surface area (TPSA) is 51.0 Å². The quantitative estimate of drug-likeness (QED) is 0.546. The van der Waals surface area contributed by atoms with E-state index >= 15 is 0 Å². The molecular formula is C19H14F6N4OS. The lowest BCUT2D eigenvalue weighted by Crippen LogP contribution is -2.35. The monoisotopic (exact) mass is 460 g/mol. The minimum atomic E-state index is -4.44. The Morgan fingerprint density at radius 2 is 1.77 bits per heavy atom. The fraction of sp³-hybridized carbons (Fsp3) is 0.316. The average molecular weight is 460 g/mol. The van der Waals surface area contributed by atoms with Gasteiger partial charge in [0.05, 0.1) is 12.1 Å². The number of fused-ring (bicyclic) bond motifs is 1. The molecule has 0 unspecified atom stereocenters. The van der Waals surface area contributed by atoms with Crippen LogP contribution in [0.15, 0.2) is 41.5 Å². The highest BCUT2D eigenvalue weighted by Gasteiger charge is 2.33. The van der Waals surface area contributed by atoms with Crippen molar-refractivity contribution in [1.29, 1.82) is 0 Å². The maximum Gasteiger partial charge on any atom is 0.425 e. The zero-order valence-electron chi connectivity index (χ0n) is 15.7. The van der Waals surface area contributed by atoms with Crippen molar-refractivity contribution >= 4 is 17.3 Å². The molecule has 2 aromatic heterocycles. The van der Waals surface area contributed by atoms with Crippen LogP contribution in [-0.2, 0) is 31.9 Å². The molecule has 5 nitrogen and oxygen atoms in total. The third kappa shape index (κ3) is 4.58. The molecule has 1 aromatic carbocycles. The van der Waals surface area contributed by atoms with Crippen LogP contribution in [0.4, 0.5) is 32.3 Å². The van der Waals surface area contributed by atoms with Crippen molar-refractivity contribution in [1.82, 2.24) is 14.5 Å². The van der Waals surface area contributed by atoms with Crippen LogP contribution < -0.4 is 10.6 Å². The average Bonchev–Trinajstić information content (AvgIpc) is 3.17. The number of anilines is 1. The van der Waals surface area contributed by atoms with E-state index in [1.54, 1.807) is 4.90 Å². The summed E-state index contributed by atoms with van der Waals surface area (Å²) < 4.78 is 77.9. The van der Waals surface area contributed by atoms with Gasteiger partial charge in [0, 0.05) is 18.0 Å². The van der Waals surface area contributed by atoms with E-state index in [1.165, 1.54) is 18.5 Å². The molecule has 0 N–H and O–H groups in total. The Morgan fingerprint density at radius 3 is 2.42 bits per heavy atom. The first-order valence-corrected chi connectivity index (χ1v) is 9.86. The lowest BCUT2D eigenvalue weighted by atomic mass is 9.97. The van der Waals surface area contributed by atoms with Gasteiger partial charge in [0.15, 0.2) is 0 Å². The van der Waals surface area contributed by atoms with Crippen LogP contribution in [0.2, 0.25) is 0 Å². The van der Waals surface area contributed by atoms with E-state index in [1.807, 2.05) is 0 Å². The first-order valence-electron chi connectivity index (χ1n) is 9.04. The second-order valence-electron chi connectivity index (χ2n) is 6.98. The van der Waals surface area contributed by atoms with Crippen LogP contribution in [0, 0.1) is 0 Å². The predicted molar refractivity (Wildman–Crippen MR) is 101 cm³/mol. The van der Waals surface area contributed by atoms with Crippen LogP contribution in [0.1, 0.15) is 26.4 Å². The van der Waals surface area contributed by atoms with Gasteiger partial charge in [0.25, 0.3) is 0 Å². The van der Waals surface area contributed by atoms with Gasteiger partial charge in [-0.1, -0.05) is 6.07 Å². The maximum atomic E-state index is 12.9. The van der Waals surface area contributed by atoms with Gasteiger partial charge in [-0.25, -0.2) is 9.78 Å². The third-order valence-electron chi connectivity index (χ3n) is 4.85. The van der Waals surface area contributed by atoms with E-state index in [2.05, 4.69) is 9.97 Å². The molecule has 164 valence electrons. The Balaban J connectivity index is 1.50. The second-order valence-corrected chi connectivity index (χ2v) is 8.15. The summed E-state index contributed by atoms with van der Waals surface area (Å²) in [7, 11) is 0. The highest BCUT2D eigenvalue weighted by atomic mass is 32.1. The van der Waals surface area contributed by atoms with Gasteiger partial charge in [-0.05, 0) is 41.8 Å². The number of hydrogen-bond acceptors (Lipinski definition) is 5. The highest BCUT2D eigenvalue weighted by Crippen LogP contribution is 2.35. The Labute approximate surface area is 175 Å². The van der Waals surface area contributed by atoms with Gasteiger partial charge in [0.2, 0.25) is 5.95 Å². The number of aromatic nitrogens is 3. The number of hydrogen-bond donors (Lipinski definition) is 0. The normalized spacial score (nSPS) is 14.6.